The Morgan fingerprint density at radius 3 is 2.36 bits per heavy atom. The number of hydrogen-bond acceptors (Lipinski definition) is 5. The van der Waals surface area contributed by atoms with E-state index in [1.807, 2.05) is 55.5 Å². The van der Waals surface area contributed by atoms with Crippen LogP contribution in [0.1, 0.15) is 36.0 Å². The summed E-state index contributed by atoms with van der Waals surface area (Å²) in [5.41, 5.74) is 3.65. The number of fused-ring (bicyclic) bond motifs is 1. The molecule has 2 saturated heterocycles. The lowest BCUT2D eigenvalue weighted by molar-refractivity contribution is -0.202. The summed E-state index contributed by atoms with van der Waals surface area (Å²) in [5, 5.41) is 13.1. The van der Waals surface area contributed by atoms with Gasteiger partial charge in [0.25, 0.3) is 0 Å². The van der Waals surface area contributed by atoms with Crippen LogP contribution in [-0.2, 0) is 27.2 Å². The number of carbonyl (C=O) groups is 3. The summed E-state index contributed by atoms with van der Waals surface area (Å²) in [7, 11) is 1.71. The quantitative estimate of drug-likeness (QED) is 0.292. The second kappa shape index (κ2) is 15.0. The Bertz CT molecular complexity index is 1640. The molecule has 3 amide bonds. The fourth-order valence-corrected chi connectivity index (χ4v) is 6.51. The number of carbonyl (C=O) groups excluding carboxylic acids is 3. The maximum Gasteiger partial charge on any atom is 0.245 e. The lowest BCUT2D eigenvalue weighted by atomic mass is 9.88. The molecule has 47 heavy (non-hydrogen) atoms. The van der Waals surface area contributed by atoms with Gasteiger partial charge in [-0.2, -0.15) is 0 Å². The highest BCUT2D eigenvalue weighted by atomic mass is 19.1. The van der Waals surface area contributed by atoms with Crippen LogP contribution >= 0.6 is 0 Å². The number of phenolic OH excluding ortho intramolecular Hbond substituents is 1. The summed E-state index contributed by atoms with van der Waals surface area (Å²) in [4.78, 5) is 45.5. The first-order chi connectivity index (χ1) is 22.7. The van der Waals surface area contributed by atoms with Crippen molar-refractivity contribution in [2.75, 3.05) is 26.7 Å². The highest BCUT2D eigenvalue weighted by Crippen LogP contribution is 2.33. The summed E-state index contributed by atoms with van der Waals surface area (Å²) in [6, 6.07) is 21.8. The molecular formula is C38H41FN4O4. The summed E-state index contributed by atoms with van der Waals surface area (Å²) >= 11 is 0. The molecular weight excluding hydrogens is 595 g/mol. The number of rotatable bonds is 11. The van der Waals surface area contributed by atoms with Crippen molar-refractivity contribution in [3.63, 3.8) is 0 Å². The van der Waals surface area contributed by atoms with Gasteiger partial charge in [0.05, 0.1) is 13.1 Å². The molecule has 2 aliphatic rings. The Kier molecular flexibility index (Phi) is 10.7. The monoisotopic (exact) mass is 636 g/mol. The van der Waals surface area contributed by atoms with E-state index in [0.29, 0.717) is 13.0 Å². The van der Waals surface area contributed by atoms with Crippen molar-refractivity contribution in [3.05, 3.63) is 138 Å². The fourth-order valence-electron chi connectivity index (χ4n) is 6.51. The number of benzene rings is 3. The molecule has 3 aromatic carbocycles. The standard InChI is InChI=1S/C38H41FN4O4/c1-4-6-10-29(5-2)33(30-11-8-7-9-12-30)24-41-25-35-42(34(38(41)47)23-28-15-20-32(44)21-16-28)37(46)26-40(3)43(35)36(45)22-17-27-13-18-31(39)19-14-27/h4-16,18-21,33-35,44H,1,17,22-26H2,2-3H3/b10-6-,29-5+/t33?,34-,35-/m0/s1. The summed E-state index contributed by atoms with van der Waals surface area (Å²) < 4.78 is 13.5. The minimum Gasteiger partial charge on any atom is -0.508 e. The van der Waals surface area contributed by atoms with E-state index in [0.717, 1.165) is 22.3 Å². The van der Waals surface area contributed by atoms with Crippen LogP contribution in [0.15, 0.2) is 115 Å². The predicted octanol–water partition coefficient (Wildman–Crippen LogP) is 5.23. The number of piperazine rings is 1. The highest BCUT2D eigenvalue weighted by Gasteiger charge is 2.50. The normalized spacial score (nSPS) is 19.6. The number of phenols is 1. The van der Waals surface area contributed by atoms with Gasteiger partial charge in [-0.05, 0) is 59.9 Å². The molecule has 1 unspecified atom stereocenters. The van der Waals surface area contributed by atoms with Crippen LogP contribution < -0.4 is 0 Å². The Morgan fingerprint density at radius 1 is 1.02 bits per heavy atom. The molecule has 5 rings (SSSR count). The summed E-state index contributed by atoms with van der Waals surface area (Å²) in [5.74, 6) is -1.04. The van der Waals surface area contributed by atoms with Gasteiger partial charge in [-0.15, -0.1) is 0 Å². The van der Waals surface area contributed by atoms with E-state index in [-0.39, 0.29) is 61.1 Å². The van der Waals surface area contributed by atoms with Crippen LogP contribution in [0.2, 0.25) is 0 Å². The average Bonchev–Trinajstić information content (AvgIpc) is 3.07. The van der Waals surface area contributed by atoms with Crippen molar-refractivity contribution in [2.45, 2.75) is 44.3 Å². The summed E-state index contributed by atoms with van der Waals surface area (Å²) in [6.45, 7) is 6.18. The van der Waals surface area contributed by atoms with Gasteiger partial charge in [0.1, 0.15) is 23.8 Å². The van der Waals surface area contributed by atoms with Crippen LogP contribution in [0.5, 0.6) is 5.75 Å². The zero-order valence-corrected chi connectivity index (χ0v) is 26.8. The SMILES string of the molecule is C=C/C=C\C(=C/C)C(CN1C[C@H]2N(C(=O)CN(C)N2C(=O)CCc2ccc(F)cc2)[C@@H](Cc2ccc(O)cc2)C1=O)c1ccccc1. The number of likely N-dealkylation sites (N-methyl/N-ethyl adjacent to an activating group) is 1. The largest absolute Gasteiger partial charge is 0.508 e. The molecule has 244 valence electrons. The Hall–Kier alpha value is -5.02. The number of aromatic hydroxyl groups is 1. The number of hydrazine groups is 1. The molecule has 2 fully saturated rings. The topological polar surface area (TPSA) is 84.4 Å². The molecule has 0 bridgehead atoms. The van der Waals surface area contributed by atoms with Crippen LogP contribution in [0.3, 0.4) is 0 Å². The number of amides is 3. The van der Waals surface area contributed by atoms with Crippen molar-refractivity contribution in [1.29, 1.82) is 0 Å². The van der Waals surface area contributed by atoms with E-state index in [4.69, 9.17) is 0 Å². The van der Waals surface area contributed by atoms with Gasteiger partial charge in [0.15, 0.2) is 0 Å². The maximum absolute atomic E-state index is 14.5. The van der Waals surface area contributed by atoms with Crippen molar-refractivity contribution in [3.8, 4) is 5.75 Å². The number of aryl methyl sites for hydroxylation is 1. The Labute approximate surface area is 275 Å². The molecule has 2 aliphatic heterocycles. The van der Waals surface area contributed by atoms with Gasteiger partial charge in [0.2, 0.25) is 17.7 Å². The van der Waals surface area contributed by atoms with E-state index in [1.54, 1.807) is 69.3 Å². The molecule has 9 heteroatoms. The van der Waals surface area contributed by atoms with E-state index in [2.05, 4.69) is 6.58 Å². The molecule has 0 spiro atoms. The van der Waals surface area contributed by atoms with Crippen LogP contribution in [0.25, 0.3) is 0 Å². The second-order valence-electron chi connectivity index (χ2n) is 11.9. The van der Waals surface area contributed by atoms with Gasteiger partial charge in [-0.25, -0.2) is 9.40 Å². The molecule has 0 aliphatic carbocycles. The second-order valence-corrected chi connectivity index (χ2v) is 11.9. The highest BCUT2D eigenvalue weighted by molar-refractivity contribution is 5.92. The fraction of sp³-hybridized carbons (Fsp3) is 0.289. The van der Waals surface area contributed by atoms with Gasteiger partial charge in [0, 0.05) is 32.4 Å². The van der Waals surface area contributed by atoms with Gasteiger partial charge < -0.3 is 14.9 Å². The van der Waals surface area contributed by atoms with E-state index < -0.39 is 12.2 Å². The smallest absolute Gasteiger partial charge is 0.245 e. The van der Waals surface area contributed by atoms with Gasteiger partial charge in [-0.3, -0.25) is 19.4 Å². The molecule has 3 aromatic rings. The molecule has 0 saturated carbocycles. The van der Waals surface area contributed by atoms with Gasteiger partial charge >= 0.3 is 0 Å². The Morgan fingerprint density at radius 2 is 1.70 bits per heavy atom. The molecule has 3 atom stereocenters. The third-order valence-corrected chi connectivity index (χ3v) is 8.87. The van der Waals surface area contributed by atoms with Crippen molar-refractivity contribution in [2.24, 2.45) is 0 Å². The van der Waals surface area contributed by atoms with Crippen molar-refractivity contribution >= 4 is 17.7 Å². The van der Waals surface area contributed by atoms with Gasteiger partial charge in [-0.1, -0.05) is 85.5 Å². The first-order valence-electron chi connectivity index (χ1n) is 15.9. The number of nitrogens with zero attached hydrogens (tertiary/aromatic N) is 4. The van der Waals surface area contributed by atoms with Crippen LogP contribution in [-0.4, -0.2) is 81.5 Å². The molecule has 8 nitrogen and oxygen atoms in total. The zero-order chi connectivity index (χ0) is 33.5. The third kappa shape index (κ3) is 7.69. The number of allylic oxidation sites excluding steroid dienone is 4. The number of halogens is 1. The Balaban J connectivity index is 1.51. The maximum atomic E-state index is 14.5. The first-order valence-corrected chi connectivity index (χ1v) is 15.9. The van der Waals surface area contributed by atoms with Crippen LogP contribution in [0.4, 0.5) is 4.39 Å². The summed E-state index contributed by atoms with van der Waals surface area (Å²) in [6.07, 6.45) is 7.64. The minimum atomic E-state index is -0.860. The molecule has 0 aromatic heterocycles. The predicted molar refractivity (Wildman–Crippen MR) is 179 cm³/mol. The third-order valence-electron chi connectivity index (χ3n) is 8.87. The molecule has 2 heterocycles. The van der Waals surface area contributed by atoms with Crippen molar-refractivity contribution in [1.82, 2.24) is 19.8 Å². The van der Waals surface area contributed by atoms with E-state index in [1.165, 1.54) is 12.1 Å². The molecule has 1 N–H and O–H groups in total. The van der Waals surface area contributed by atoms with E-state index in [9.17, 15) is 23.9 Å². The average molecular weight is 637 g/mol. The number of hydrogen-bond donors (Lipinski definition) is 1. The van der Waals surface area contributed by atoms with E-state index >= 15 is 0 Å². The lowest BCUT2D eigenvalue weighted by Gasteiger charge is -2.55. The lowest BCUT2D eigenvalue weighted by Crippen LogP contribution is -2.75. The first kappa shape index (κ1) is 33.3. The van der Waals surface area contributed by atoms with Crippen LogP contribution in [0, 0.1) is 5.82 Å². The minimum absolute atomic E-state index is 0.0557. The van der Waals surface area contributed by atoms with Crippen molar-refractivity contribution < 1.29 is 23.9 Å². The zero-order valence-electron chi connectivity index (χ0n) is 26.8. The molecule has 0 radical (unpaired) electrons.